The van der Waals surface area contributed by atoms with Crippen LogP contribution in [0.2, 0.25) is 12.6 Å². The van der Waals surface area contributed by atoms with Crippen LogP contribution < -0.4 is 5.19 Å². The molecule has 0 aliphatic carbocycles. The molecule has 34 heavy (non-hydrogen) atoms. The fraction of sp³-hybridized carbons (Fsp3) is 0.593. The van der Waals surface area contributed by atoms with Crippen LogP contribution >= 0.6 is 29.9 Å². The standard InChI is InChI=1S/C27H41NOSSi.2ClH.Ti/c1-19-20(2)25(23-21-15-11-12-16-22(21)30-24(19)23)31(9,28-26(3,4)5)18-14-10-13-17-29-27(6,7)8;;;/h11-12,15-16H,10,13-14,17-18H2,1-9H3;2*1H;/q-2;;;+2/p-2. The van der Waals surface area contributed by atoms with Gasteiger partial charge in [0.15, 0.2) is 0 Å². The van der Waals surface area contributed by atoms with Gasteiger partial charge in [-0.05, 0) is 31.9 Å². The summed E-state index contributed by atoms with van der Waals surface area (Å²) in [6.45, 7) is 21.2. The van der Waals surface area contributed by atoms with E-state index in [9.17, 15) is 0 Å². The van der Waals surface area contributed by atoms with Crippen LogP contribution in [0.1, 0.15) is 71.9 Å². The number of aryl methyl sites for hydroxylation is 1. The molecule has 0 aliphatic heterocycles. The van der Waals surface area contributed by atoms with Gasteiger partial charge in [0.25, 0.3) is 0 Å². The zero-order valence-electron chi connectivity index (χ0n) is 22.4. The van der Waals surface area contributed by atoms with Gasteiger partial charge in [0.2, 0.25) is 0 Å². The van der Waals surface area contributed by atoms with Crippen molar-refractivity contribution < 1.29 is 21.8 Å². The molecule has 0 fully saturated rings. The molecule has 2 aromatic carbocycles. The summed E-state index contributed by atoms with van der Waals surface area (Å²) >= 11 is 1.40. The summed E-state index contributed by atoms with van der Waals surface area (Å²) < 4.78 is 8.82. The van der Waals surface area contributed by atoms with Crippen LogP contribution in [-0.4, -0.2) is 26.0 Å². The molecular weight excluding hydrogens is 533 g/mol. The van der Waals surface area contributed by atoms with Gasteiger partial charge in [-0.15, -0.1) is 22.1 Å². The van der Waals surface area contributed by atoms with Crippen LogP contribution in [0.3, 0.4) is 0 Å². The van der Waals surface area contributed by atoms with Gasteiger partial charge in [-0.1, -0.05) is 103 Å². The average Bonchev–Trinajstić information content (AvgIpc) is 3.18. The normalized spacial score (nSPS) is 14.2. The summed E-state index contributed by atoms with van der Waals surface area (Å²) in [6, 6.07) is 10.1. The maximum atomic E-state index is 5.93. The van der Waals surface area contributed by atoms with Crippen molar-refractivity contribution >= 4 is 63.5 Å². The molecule has 1 heterocycles. The molecule has 0 amide bonds. The molecule has 2 nitrogen and oxygen atoms in total. The molecule has 1 aromatic heterocycles. The summed E-state index contributed by atoms with van der Waals surface area (Å²) in [5.74, 6) is 0. The molecule has 1 unspecified atom stereocenters. The Morgan fingerprint density at radius 3 is 2.24 bits per heavy atom. The molecule has 3 rings (SSSR count). The van der Waals surface area contributed by atoms with Gasteiger partial charge in [0.1, 0.15) is 0 Å². The molecular formula is C27H41Cl2NOSSiTi-2. The van der Waals surface area contributed by atoms with Crippen LogP contribution in [0, 0.1) is 13.8 Å². The van der Waals surface area contributed by atoms with Gasteiger partial charge in [-0.25, -0.2) is 11.3 Å². The Labute approximate surface area is 229 Å². The van der Waals surface area contributed by atoms with E-state index in [1.807, 2.05) is 11.3 Å². The quantitative estimate of drug-likeness (QED) is 0.149. The summed E-state index contributed by atoms with van der Waals surface area (Å²) in [5, 5.41) is 4.53. The van der Waals surface area contributed by atoms with Crippen LogP contribution in [0.15, 0.2) is 24.3 Å². The minimum atomic E-state index is -2.04. The third-order valence-electron chi connectivity index (χ3n) is 6.09. The Morgan fingerprint density at radius 1 is 1.03 bits per heavy atom. The Morgan fingerprint density at radius 2 is 1.65 bits per heavy atom. The zero-order valence-corrected chi connectivity index (χ0v) is 27.3. The predicted molar refractivity (Wildman–Crippen MR) is 155 cm³/mol. The molecule has 7 heteroatoms. The molecule has 0 radical (unpaired) electrons. The number of hydrogen-bond donors (Lipinski definition) is 0. The third kappa shape index (κ3) is 8.11. The first-order chi connectivity index (χ1) is 15.7. The van der Waals surface area contributed by atoms with Crippen LogP contribution in [0.4, 0.5) is 0 Å². The molecule has 0 aliphatic rings. The zero-order chi connectivity index (χ0) is 25.7. The monoisotopic (exact) mass is 573 g/mol. The van der Waals surface area contributed by atoms with Crippen molar-refractivity contribution in [3.63, 3.8) is 0 Å². The SMILES string of the molecule is Cc1c(C)[c-]([Si](C)(CCCCCOC(C)(C)C)[N-]C(C)(C)C)c2c1sc1ccccc12.[Cl][Ti][Cl]. The molecule has 0 saturated carbocycles. The molecule has 1 atom stereocenters. The Bertz CT molecular complexity index is 1070. The van der Waals surface area contributed by atoms with E-state index < -0.39 is 25.3 Å². The number of nitrogens with zero attached hydrogens (tertiary/aromatic N) is 1. The molecule has 3 aromatic rings. The second kappa shape index (κ2) is 12.6. The topological polar surface area (TPSA) is 23.3 Å². The summed E-state index contributed by atoms with van der Waals surface area (Å²) in [7, 11) is 7.74. The van der Waals surface area contributed by atoms with Crippen molar-refractivity contribution in [3.8, 4) is 0 Å². The first-order valence-electron chi connectivity index (χ1n) is 12.2. The number of rotatable bonds is 8. The van der Waals surface area contributed by atoms with E-state index in [2.05, 4.69) is 86.2 Å². The number of thiophene rings is 1. The molecule has 0 saturated heterocycles. The van der Waals surface area contributed by atoms with Gasteiger partial charge in [-0.3, -0.25) is 0 Å². The number of halogens is 2. The minimum absolute atomic E-state index is 0.0217. The van der Waals surface area contributed by atoms with E-state index in [-0.39, 0.29) is 11.1 Å². The van der Waals surface area contributed by atoms with E-state index in [0.717, 1.165) is 13.0 Å². The number of hydrogen-bond acceptors (Lipinski definition) is 2. The van der Waals surface area contributed by atoms with Gasteiger partial charge in [0, 0.05) is 6.61 Å². The molecule has 0 spiro atoms. The summed E-state index contributed by atoms with van der Waals surface area (Å²) in [5.41, 5.74) is 2.89. The van der Waals surface area contributed by atoms with Gasteiger partial charge in [-0.2, -0.15) is 5.19 Å². The van der Waals surface area contributed by atoms with Crippen LogP contribution in [0.25, 0.3) is 25.2 Å². The van der Waals surface area contributed by atoms with Crippen molar-refractivity contribution in [1.29, 1.82) is 0 Å². The fourth-order valence-electron chi connectivity index (χ4n) is 4.88. The number of ether oxygens (including phenoxy) is 1. The van der Waals surface area contributed by atoms with Gasteiger partial charge >= 0.3 is 35.6 Å². The number of benzene rings is 1. The van der Waals surface area contributed by atoms with Crippen molar-refractivity contribution in [1.82, 2.24) is 0 Å². The van der Waals surface area contributed by atoms with Crippen molar-refractivity contribution in [3.05, 3.63) is 40.4 Å². The van der Waals surface area contributed by atoms with E-state index >= 15 is 0 Å². The third-order valence-corrected chi connectivity index (χ3v) is 11.6. The first kappa shape index (κ1) is 30.4. The van der Waals surface area contributed by atoms with Crippen molar-refractivity contribution in [2.24, 2.45) is 0 Å². The summed E-state index contributed by atoms with van der Waals surface area (Å²) in [6.07, 6.45) is 3.57. The molecule has 0 N–H and O–H groups in total. The number of unbranched alkanes of at least 4 members (excludes halogenated alkanes) is 2. The van der Waals surface area contributed by atoms with Crippen molar-refractivity contribution in [2.45, 2.75) is 98.4 Å². The summed E-state index contributed by atoms with van der Waals surface area (Å²) in [4.78, 5) is 5.59. The molecule has 0 bridgehead atoms. The predicted octanol–water partition coefficient (Wildman–Crippen LogP) is 9.71. The Balaban J connectivity index is 0.00000129. The van der Waals surface area contributed by atoms with E-state index in [4.69, 9.17) is 28.3 Å². The molecule has 190 valence electrons. The first-order valence-corrected chi connectivity index (χ1v) is 19.9. The fourth-order valence-corrected chi connectivity index (χ4v) is 10.9. The number of fused-ring (bicyclic) bond motifs is 3. The van der Waals surface area contributed by atoms with E-state index in [0.29, 0.717) is 0 Å². The van der Waals surface area contributed by atoms with Gasteiger partial charge in [0.05, 0.1) is 5.60 Å². The Kier molecular flexibility index (Phi) is 11.3. The van der Waals surface area contributed by atoms with Crippen LogP contribution in [-0.2, 0) is 21.8 Å². The van der Waals surface area contributed by atoms with Gasteiger partial charge < -0.3 is 9.72 Å². The maximum absolute atomic E-state index is 5.93. The van der Waals surface area contributed by atoms with E-state index in [1.165, 1.54) is 50.2 Å². The average molecular weight is 575 g/mol. The second-order valence-electron chi connectivity index (χ2n) is 11.3. The van der Waals surface area contributed by atoms with E-state index in [1.54, 1.807) is 5.19 Å². The Hall–Kier alpha value is 0.221. The second-order valence-corrected chi connectivity index (χ2v) is 18.7. The van der Waals surface area contributed by atoms with Crippen LogP contribution in [0.5, 0.6) is 0 Å². The van der Waals surface area contributed by atoms with Crippen molar-refractivity contribution in [2.75, 3.05) is 6.61 Å².